The summed E-state index contributed by atoms with van der Waals surface area (Å²) >= 11 is 0. The first-order valence-electron chi connectivity index (χ1n) is 7.82. The van der Waals surface area contributed by atoms with Crippen LogP contribution >= 0.6 is 0 Å². The van der Waals surface area contributed by atoms with Crippen molar-refractivity contribution in [2.45, 2.75) is 44.6 Å². The highest BCUT2D eigenvalue weighted by atomic mass is 16.5. The number of hydrogen-bond donors (Lipinski definition) is 3. The van der Waals surface area contributed by atoms with E-state index >= 15 is 0 Å². The minimum atomic E-state index is -0.127. The Morgan fingerprint density at radius 2 is 2.27 bits per heavy atom. The van der Waals surface area contributed by atoms with Crippen LogP contribution in [0.5, 0.6) is 0 Å². The molecule has 1 saturated carbocycles. The zero-order valence-corrected chi connectivity index (χ0v) is 12.6. The van der Waals surface area contributed by atoms with Gasteiger partial charge in [0.05, 0.1) is 18.1 Å². The summed E-state index contributed by atoms with van der Waals surface area (Å²) in [6.07, 6.45) is 4.92. The van der Waals surface area contributed by atoms with Gasteiger partial charge in [-0.1, -0.05) is 6.92 Å². The summed E-state index contributed by atoms with van der Waals surface area (Å²) in [7, 11) is 0. The molecule has 7 nitrogen and oxygen atoms in total. The summed E-state index contributed by atoms with van der Waals surface area (Å²) in [5.74, 6) is 1.37. The highest BCUT2D eigenvalue weighted by Gasteiger charge is 2.34. The van der Waals surface area contributed by atoms with Gasteiger partial charge in [-0.2, -0.15) is 9.97 Å². The highest BCUT2D eigenvalue weighted by Crippen LogP contribution is 2.37. The van der Waals surface area contributed by atoms with E-state index in [1.54, 1.807) is 0 Å². The van der Waals surface area contributed by atoms with Crippen molar-refractivity contribution in [3.8, 4) is 0 Å². The third-order valence-electron chi connectivity index (χ3n) is 4.44. The lowest BCUT2D eigenvalue weighted by Gasteiger charge is -2.18. The Hall–Kier alpha value is -1.86. The maximum absolute atomic E-state index is 9.32. The lowest BCUT2D eigenvalue weighted by Crippen LogP contribution is -2.16. The molecule has 2 fully saturated rings. The predicted octanol–water partition coefficient (Wildman–Crippen LogP) is 1.50. The molecule has 2 aromatic heterocycles. The summed E-state index contributed by atoms with van der Waals surface area (Å²) in [5.41, 5.74) is 6.66. The molecule has 3 unspecified atom stereocenters. The first-order chi connectivity index (χ1) is 10.7. The number of anilines is 2. The number of rotatable bonds is 4. The Bertz CT molecular complexity index is 697. The molecule has 118 valence electrons. The standard InChI is InChI=1S/C15H21N5O2/c1-8-6-10(7-21)22-14(8)20-5-4-11-12(17-9-2-3-9)18-15(16)19-13(11)20/h4-5,8-10,14,21H,2-3,6-7H2,1H3,(H3,16,17,18,19). The van der Waals surface area contributed by atoms with E-state index in [2.05, 4.69) is 22.2 Å². The van der Waals surface area contributed by atoms with Crippen LogP contribution in [-0.2, 0) is 4.74 Å². The second-order valence-electron chi connectivity index (χ2n) is 6.35. The summed E-state index contributed by atoms with van der Waals surface area (Å²) in [4.78, 5) is 8.73. The van der Waals surface area contributed by atoms with Gasteiger partial charge >= 0.3 is 0 Å². The zero-order valence-electron chi connectivity index (χ0n) is 12.6. The Morgan fingerprint density at radius 3 is 2.95 bits per heavy atom. The molecule has 22 heavy (non-hydrogen) atoms. The van der Waals surface area contributed by atoms with Crippen molar-refractivity contribution in [3.05, 3.63) is 12.3 Å². The van der Waals surface area contributed by atoms with Crippen LogP contribution < -0.4 is 11.1 Å². The number of aliphatic hydroxyl groups excluding tert-OH is 1. The second kappa shape index (κ2) is 5.10. The van der Waals surface area contributed by atoms with Crippen molar-refractivity contribution in [2.75, 3.05) is 17.7 Å². The van der Waals surface area contributed by atoms with Crippen molar-refractivity contribution in [1.29, 1.82) is 0 Å². The molecule has 0 aromatic carbocycles. The van der Waals surface area contributed by atoms with Crippen LogP contribution in [0.15, 0.2) is 12.3 Å². The van der Waals surface area contributed by atoms with Crippen LogP contribution in [0.1, 0.15) is 32.4 Å². The second-order valence-corrected chi connectivity index (χ2v) is 6.35. The monoisotopic (exact) mass is 303 g/mol. The molecule has 0 radical (unpaired) electrons. The first kappa shape index (κ1) is 13.8. The third kappa shape index (κ3) is 2.30. The van der Waals surface area contributed by atoms with E-state index in [0.717, 1.165) is 23.3 Å². The molecule has 4 N–H and O–H groups in total. The summed E-state index contributed by atoms with van der Waals surface area (Å²) in [6, 6.07) is 2.50. The quantitative estimate of drug-likeness (QED) is 0.792. The molecule has 1 aliphatic carbocycles. The molecule has 2 aromatic rings. The number of hydrogen-bond acceptors (Lipinski definition) is 6. The van der Waals surface area contributed by atoms with Crippen molar-refractivity contribution in [1.82, 2.24) is 14.5 Å². The van der Waals surface area contributed by atoms with Gasteiger partial charge in [-0.25, -0.2) is 0 Å². The van der Waals surface area contributed by atoms with Gasteiger partial charge in [0.25, 0.3) is 0 Å². The fourth-order valence-corrected chi connectivity index (χ4v) is 3.16. The lowest BCUT2D eigenvalue weighted by molar-refractivity contribution is -0.0291. The predicted molar refractivity (Wildman–Crippen MR) is 83.4 cm³/mol. The summed E-state index contributed by atoms with van der Waals surface area (Å²) < 4.78 is 7.95. The topological polar surface area (TPSA) is 98.2 Å². The highest BCUT2D eigenvalue weighted by molar-refractivity contribution is 5.88. The van der Waals surface area contributed by atoms with Crippen LogP contribution in [-0.4, -0.2) is 38.4 Å². The number of nitrogens with one attached hydrogen (secondary N) is 1. The smallest absolute Gasteiger partial charge is 0.223 e. The molecule has 4 rings (SSSR count). The zero-order chi connectivity index (χ0) is 15.3. The maximum Gasteiger partial charge on any atom is 0.223 e. The van der Waals surface area contributed by atoms with E-state index < -0.39 is 0 Å². The summed E-state index contributed by atoms with van der Waals surface area (Å²) in [6.45, 7) is 2.17. The Kier molecular flexibility index (Phi) is 3.19. The average Bonchev–Trinajstić information content (AvgIpc) is 3.08. The molecular formula is C15H21N5O2. The van der Waals surface area contributed by atoms with Gasteiger partial charge in [-0.05, 0) is 25.3 Å². The number of aliphatic hydroxyl groups is 1. The van der Waals surface area contributed by atoms with Gasteiger partial charge in [0.1, 0.15) is 17.7 Å². The first-order valence-corrected chi connectivity index (χ1v) is 7.82. The van der Waals surface area contributed by atoms with Gasteiger partial charge in [0, 0.05) is 18.2 Å². The molecule has 1 aliphatic heterocycles. The Morgan fingerprint density at radius 1 is 1.45 bits per heavy atom. The number of nitrogens with zero attached hydrogens (tertiary/aromatic N) is 3. The van der Waals surface area contributed by atoms with Crippen molar-refractivity contribution in [2.24, 2.45) is 5.92 Å². The van der Waals surface area contributed by atoms with E-state index in [1.165, 1.54) is 12.8 Å². The molecule has 7 heteroatoms. The normalized spacial score (nSPS) is 28.4. The van der Waals surface area contributed by atoms with Crippen molar-refractivity contribution >= 4 is 22.8 Å². The van der Waals surface area contributed by atoms with Crippen LogP contribution in [0, 0.1) is 5.92 Å². The Labute approximate surface area is 128 Å². The van der Waals surface area contributed by atoms with Crippen molar-refractivity contribution in [3.63, 3.8) is 0 Å². The van der Waals surface area contributed by atoms with E-state index in [1.807, 2.05) is 16.8 Å². The lowest BCUT2D eigenvalue weighted by atomic mass is 10.1. The number of nitrogen functional groups attached to an aromatic ring is 1. The van der Waals surface area contributed by atoms with E-state index in [-0.39, 0.29) is 24.9 Å². The maximum atomic E-state index is 9.32. The average molecular weight is 303 g/mol. The third-order valence-corrected chi connectivity index (χ3v) is 4.44. The van der Waals surface area contributed by atoms with Gasteiger partial charge in [0.15, 0.2) is 0 Å². The molecule has 2 aliphatic rings. The number of fused-ring (bicyclic) bond motifs is 1. The minimum Gasteiger partial charge on any atom is -0.394 e. The van der Waals surface area contributed by atoms with Crippen LogP contribution in [0.25, 0.3) is 11.0 Å². The van der Waals surface area contributed by atoms with Crippen LogP contribution in [0.3, 0.4) is 0 Å². The summed E-state index contributed by atoms with van der Waals surface area (Å²) in [5, 5.41) is 13.7. The van der Waals surface area contributed by atoms with Crippen LogP contribution in [0.2, 0.25) is 0 Å². The SMILES string of the molecule is CC1CC(CO)OC1n1ccc2c(NC3CC3)nc(N)nc21. The number of nitrogens with two attached hydrogens (primary N) is 1. The largest absolute Gasteiger partial charge is 0.394 e. The Balaban J connectivity index is 1.74. The van der Waals surface area contributed by atoms with Gasteiger partial charge in [0.2, 0.25) is 5.95 Å². The molecular weight excluding hydrogens is 282 g/mol. The molecule has 1 saturated heterocycles. The minimum absolute atomic E-state index is 0.0473. The molecule has 3 heterocycles. The molecule has 0 spiro atoms. The fraction of sp³-hybridized carbons (Fsp3) is 0.600. The van der Waals surface area contributed by atoms with Crippen molar-refractivity contribution < 1.29 is 9.84 Å². The van der Waals surface area contributed by atoms with E-state index in [9.17, 15) is 5.11 Å². The van der Waals surface area contributed by atoms with E-state index in [4.69, 9.17) is 10.5 Å². The number of ether oxygens (including phenoxy) is 1. The fourth-order valence-electron chi connectivity index (χ4n) is 3.16. The molecule has 0 amide bonds. The van der Waals surface area contributed by atoms with Crippen LogP contribution in [0.4, 0.5) is 11.8 Å². The molecule has 0 bridgehead atoms. The molecule has 3 atom stereocenters. The van der Waals surface area contributed by atoms with Gasteiger partial charge < -0.3 is 25.5 Å². The van der Waals surface area contributed by atoms with Gasteiger partial charge in [-0.15, -0.1) is 0 Å². The number of aromatic nitrogens is 3. The van der Waals surface area contributed by atoms with E-state index in [0.29, 0.717) is 12.0 Å². The van der Waals surface area contributed by atoms with Gasteiger partial charge in [-0.3, -0.25) is 0 Å².